The molecular weight excluding hydrogens is 238 g/mol. The number of hydrogen-bond donors (Lipinski definition) is 0. The summed E-state index contributed by atoms with van der Waals surface area (Å²) in [7, 11) is 0. The largest absolute Gasteiger partial charge is 1.00 e. The van der Waals surface area contributed by atoms with Gasteiger partial charge in [0.1, 0.15) is 0 Å². The fourth-order valence-corrected chi connectivity index (χ4v) is 1.30. The average Bonchev–Trinajstić information content (AvgIpc) is 2.03. The Morgan fingerprint density at radius 3 is 3.00 bits per heavy atom. The van der Waals surface area contributed by atoms with Crippen LogP contribution in [-0.4, -0.2) is 10.9 Å². The van der Waals surface area contributed by atoms with E-state index in [-0.39, 0.29) is 64.1 Å². The van der Waals surface area contributed by atoms with Crippen LogP contribution in [0.5, 0.6) is 0 Å². The predicted molar refractivity (Wildman–Crippen MR) is 45.3 cm³/mol. The van der Waals surface area contributed by atoms with Gasteiger partial charge in [-0.15, -0.1) is 5.69 Å². The molecule has 0 N–H and O–H groups in total. The molecule has 2 rings (SSSR count). The fourth-order valence-electron chi connectivity index (χ4n) is 1.30. The molecule has 0 aliphatic carbocycles. The van der Waals surface area contributed by atoms with Crippen LogP contribution in [0.4, 0.5) is 5.69 Å². The Balaban J connectivity index is 0.000000845. The third-order valence-electron chi connectivity index (χ3n) is 1.95. The number of nitrogens with zero attached hydrogens (tertiary/aromatic N) is 2. The molecule has 13 heavy (non-hydrogen) atoms. The zero-order valence-corrected chi connectivity index (χ0v) is 12.8. The topological polar surface area (TPSA) is 44.1 Å². The Morgan fingerprint density at radius 1 is 1.46 bits per heavy atom. The first-order chi connectivity index (χ1) is 5.75. The number of carbonyl (C=O) groups excluding carboxylic acids is 1. The second-order valence-corrected chi connectivity index (χ2v) is 2.96. The standard InChI is InChI=1S/C9H10N2O.Rb/c1-6-4-8-7(5-10-6)2-3-9(12)11-8;/h4-5H,2-3H2,1H3,(H,10,11,12);/q;+1/p-1. The molecule has 1 aliphatic heterocycles. The molecule has 0 saturated heterocycles. The van der Waals surface area contributed by atoms with E-state index in [1.165, 1.54) is 0 Å². The van der Waals surface area contributed by atoms with Gasteiger partial charge >= 0.3 is 58.2 Å². The second kappa shape index (κ2) is 4.78. The van der Waals surface area contributed by atoms with Crippen LogP contribution in [-0.2, 0) is 11.2 Å². The van der Waals surface area contributed by atoms with E-state index in [1.807, 2.05) is 13.0 Å². The van der Waals surface area contributed by atoms with Gasteiger partial charge in [-0.25, -0.2) is 0 Å². The van der Waals surface area contributed by atoms with Crippen LogP contribution in [0.3, 0.4) is 0 Å². The van der Waals surface area contributed by atoms with Gasteiger partial charge in [-0.3, -0.25) is 4.98 Å². The Bertz CT molecular complexity index is 338. The summed E-state index contributed by atoms with van der Waals surface area (Å²) >= 11 is 0. The zero-order valence-electron chi connectivity index (χ0n) is 7.87. The first-order valence-corrected chi connectivity index (χ1v) is 3.96. The molecule has 62 valence electrons. The van der Waals surface area contributed by atoms with Crippen LogP contribution in [0.1, 0.15) is 17.7 Å². The maximum absolute atomic E-state index is 11.0. The number of carbonyl (C=O) groups is 1. The molecule has 3 nitrogen and oxygen atoms in total. The maximum Gasteiger partial charge on any atom is 1.00 e. The Morgan fingerprint density at radius 2 is 2.23 bits per heavy atom. The minimum absolute atomic E-state index is 0. The van der Waals surface area contributed by atoms with Crippen LogP contribution >= 0.6 is 0 Å². The molecule has 0 atom stereocenters. The summed E-state index contributed by atoms with van der Waals surface area (Å²) < 4.78 is 0. The van der Waals surface area contributed by atoms with Crippen molar-refractivity contribution in [3.63, 3.8) is 0 Å². The van der Waals surface area contributed by atoms with Crippen LogP contribution in [0.2, 0.25) is 0 Å². The minimum atomic E-state index is -0.0203. The van der Waals surface area contributed by atoms with Gasteiger partial charge in [0.05, 0.1) is 5.91 Å². The van der Waals surface area contributed by atoms with Crippen molar-refractivity contribution in [1.82, 2.24) is 4.98 Å². The molecule has 0 unspecified atom stereocenters. The average molecular weight is 247 g/mol. The number of rotatable bonds is 0. The summed E-state index contributed by atoms with van der Waals surface area (Å²) in [4.78, 5) is 15.1. The maximum atomic E-state index is 11.0. The van der Waals surface area contributed by atoms with E-state index >= 15 is 0 Å². The minimum Gasteiger partial charge on any atom is -0.627 e. The van der Waals surface area contributed by atoms with Gasteiger partial charge in [-0.1, -0.05) is 6.07 Å². The van der Waals surface area contributed by atoms with Gasteiger partial charge in [-0.05, 0) is 25.3 Å². The molecule has 4 heteroatoms. The molecule has 0 aromatic carbocycles. The molecule has 0 bridgehead atoms. The third kappa shape index (κ3) is 2.69. The van der Waals surface area contributed by atoms with Crippen molar-refractivity contribution in [3.8, 4) is 0 Å². The molecule has 0 saturated carbocycles. The monoisotopic (exact) mass is 246 g/mol. The number of hydrogen-bond acceptors (Lipinski definition) is 2. The van der Waals surface area contributed by atoms with Crippen molar-refractivity contribution < 1.29 is 63.0 Å². The van der Waals surface area contributed by atoms with Gasteiger partial charge in [0.25, 0.3) is 0 Å². The predicted octanol–water partition coefficient (Wildman–Crippen LogP) is -1.13. The molecule has 0 fully saturated rings. The fraction of sp³-hybridized carbons (Fsp3) is 0.333. The summed E-state index contributed by atoms with van der Waals surface area (Å²) in [5, 5.41) is 3.93. The van der Waals surface area contributed by atoms with Crippen LogP contribution < -0.4 is 58.2 Å². The zero-order chi connectivity index (χ0) is 8.55. The quantitative estimate of drug-likeness (QED) is 0.582. The molecule has 0 radical (unpaired) electrons. The van der Waals surface area contributed by atoms with E-state index < -0.39 is 0 Å². The SMILES string of the molecule is Cc1cc2c(cn1)CCC(=O)[N-]2.[Rb+]. The molecule has 1 aliphatic rings. The second-order valence-electron chi connectivity index (χ2n) is 2.96. The Kier molecular flexibility index (Phi) is 4.23. The Labute approximate surface area is 126 Å². The van der Waals surface area contributed by atoms with Crippen molar-refractivity contribution >= 4 is 11.6 Å². The first-order valence-electron chi connectivity index (χ1n) is 3.96. The molecule has 1 aromatic heterocycles. The normalized spacial score (nSPS) is 14.1. The molecule has 1 amide bonds. The van der Waals surface area contributed by atoms with Crippen LogP contribution in [0.25, 0.3) is 5.32 Å². The molecule has 0 spiro atoms. The van der Waals surface area contributed by atoms with E-state index in [2.05, 4.69) is 10.3 Å². The van der Waals surface area contributed by atoms with Gasteiger partial charge in [-0.2, -0.15) is 0 Å². The summed E-state index contributed by atoms with van der Waals surface area (Å²) in [5.74, 6) is -0.0203. The van der Waals surface area contributed by atoms with E-state index in [1.54, 1.807) is 6.20 Å². The number of aromatic nitrogens is 1. The first kappa shape index (κ1) is 11.5. The molecule has 2 heterocycles. The van der Waals surface area contributed by atoms with E-state index in [0.717, 1.165) is 23.4 Å². The van der Waals surface area contributed by atoms with Crippen LogP contribution in [0, 0.1) is 6.92 Å². The smallest absolute Gasteiger partial charge is 0.627 e. The molecular formula is C9H9N2ORb. The summed E-state index contributed by atoms with van der Waals surface area (Å²) in [6, 6.07) is 1.85. The number of aryl methyl sites for hydroxylation is 2. The van der Waals surface area contributed by atoms with Crippen molar-refractivity contribution in [2.75, 3.05) is 0 Å². The van der Waals surface area contributed by atoms with E-state index in [4.69, 9.17) is 0 Å². The van der Waals surface area contributed by atoms with Crippen molar-refractivity contribution in [3.05, 3.63) is 28.8 Å². The summed E-state index contributed by atoms with van der Waals surface area (Å²) in [6.45, 7) is 1.90. The summed E-state index contributed by atoms with van der Waals surface area (Å²) in [6.07, 6.45) is 3.11. The van der Waals surface area contributed by atoms with Gasteiger partial charge in [0.15, 0.2) is 0 Å². The number of fused-ring (bicyclic) bond motifs is 1. The summed E-state index contributed by atoms with van der Waals surface area (Å²) in [5.41, 5.74) is 2.80. The van der Waals surface area contributed by atoms with Crippen molar-refractivity contribution in [2.45, 2.75) is 19.8 Å². The van der Waals surface area contributed by atoms with Crippen LogP contribution in [0.15, 0.2) is 12.3 Å². The third-order valence-corrected chi connectivity index (χ3v) is 1.95. The Hall–Kier alpha value is 0.425. The van der Waals surface area contributed by atoms with Gasteiger partial charge in [0.2, 0.25) is 0 Å². The van der Waals surface area contributed by atoms with E-state index in [9.17, 15) is 4.79 Å². The molecule has 1 aromatic rings. The number of pyridine rings is 1. The van der Waals surface area contributed by atoms with Crippen molar-refractivity contribution in [2.24, 2.45) is 0 Å². The van der Waals surface area contributed by atoms with Gasteiger partial charge < -0.3 is 10.1 Å². The van der Waals surface area contributed by atoms with E-state index in [0.29, 0.717) is 6.42 Å². The number of amides is 1. The van der Waals surface area contributed by atoms with Crippen molar-refractivity contribution in [1.29, 1.82) is 0 Å². The van der Waals surface area contributed by atoms with Gasteiger partial charge in [0, 0.05) is 11.9 Å².